The van der Waals surface area contributed by atoms with Crippen LogP contribution in [0, 0.1) is 23.0 Å². The molecule has 0 amide bonds. The van der Waals surface area contributed by atoms with E-state index in [1.807, 2.05) is 0 Å². The average molecular weight is 334 g/mol. The molecule has 1 aliphatic heterocycles. The highest BCUT2D eigenvalue weighted by atomic mass is 35.5. The molecule has 21 heavy (non-hydrogen) atoms. The zero-order valence-corrected chi connectivity index (χ0v) is 13.0. The van der Waals surface area contributed by atoms with E-state index < -0.39 is 14.9 Å². The third-order valence-corrected chi connectivity index (χ3v) is 5.94. The Labute approximate surface area is 127 Å². The fourth-order valence-electron chi connectivity index (χ4n) is 2.34. The van der Waals surface area contributed by atoms with Gasteiger partial charge in [-0.15, -0.1) is 0 Å². The monoisotopic (exact) mass is 333 g/mol. The number of halogens is 1. The van der Waals surface area contributed by atoms with Gasteiger partial charge >= 0.3 is 0 Å². The molecule has 0 aliphatic carbocycles. The number of nitro groups is 1. The summed E-state index contributed by atoms with van der Waals surface area (Å²) in [5.41, 5.74) is 5.51. The molecule has 2 N–H and O–H groups in total. The first-order valence-corrected chi connectivity index (χ1v) is 8.24. The number of nitro benzene ring substituents is 1. The number of hydrogen-bond donors (Lipinski definition) is 1. The van der Waals surface area contributed by atoms with E-state index in [9.17, 15) is 18.5 Å². The van der Waals surface area contributed by atoms with E-state index in [1.165, 1.54) is 17.3 Å². The van der Waals surface area contributed by atoms with E-state index >= 15 is 0 Å². The molecule has 1 saturated heterocycles. The van der Waals surface area contributed by atoms with Gasteiger partial charge < -0.3 is 5.73 Å². The highest BCUT2D eigenvalue weighted by Gasteiger charge is 2.33. The van der Waals surface area contributed by atoms with Crippen molar-refractivity contribution < 1.29 is 13.3 Å². The molecular formula is C12H16ClN3O4S. The van der Waals surface area contributed by atoms with Gasteiger partial charge in [-0.05, 0) is 31.9 Å². The molecule has 0 bridgehead atoms. The van der Waals surface area contributed by atoms with Crippen LogP contribution in [0.3, 0.4) is 0 Å². The maximum absolute atomic E-state index is 12.5. The smallest absolute Gasteiger partial charge is 0.275 e. The molecule has 1 aliphatic rings. The van der Waals surface area contributed by atoms with Crippen LogP contribution in [-0.4, -0.2) is 37.3 Å². The molecular weight excluding hydrogens is 318 g/mol. The summed E-state index contributed by atoms with van der Waals surface area (Å²) in [7, 11) is -3.79. The minimum atomic E-state index is -3.79. The second-order valence-electron chi connectivity index (χ2n) is 5.06. The molecule has 9 heteroatoms. The Hall–Kier alpha value is -1.22. The summed E-state index contributed by atoms with van der Waals surface area (Å²) in [5, 5.41) is 11.1. The zero-order chi connectivity index (χ0) is 15.8. The van der Waals surface area contributed by atoms with Crippen molar-refractivity contribution in [2.45, 2.75) is 18.2 Å². The standard InChI is InChI=1S/C12H16ClN3O4S/c1-8-11(13)4-10(5-12(8)16(17)18)21(19,20)15-3-2-9(6-14)7-15/h4-5,9H,2-3,6-7,14H2,1H3. The Balaban J connectivity index is 2.44. The van der Waals surface area contributed by atoms with Crippen LogP contribution in [0.2, 0.25) is 5.02 Å². The fourth-order valence-corrected chi connectivity index (χ4v) is 4.19. The van der Waals surface area contributed by atoms with Gasteiger partial charge in [-0.25, -0.2) is 8.42 Å². The molecule has 1 fully saturated rings. The molecule has 1 heterocycles. The summed E-state index contributed by atoms with van der Waals surface area (Å²) in [5.74, 6) is 0.121. The van der Waals surface area contributed by atoms with Crippen LogP contribution >= 0.6 is 11.6 Å². The Morgan fingerprint density at radius 3 is 2.71 bits per heavy atom. The average Bonchev–Trinajstić information content (AvgIpc) is 2.90. The van der Waals surface area contributed by atoms with Crippen LogP contribution < -0.4 is 5.73 Å². The summed E-state index contributed by atoms with van der Waals surface area (Å²) < 4.78 is 26.4. The van der Waals surface area contributed by atoms with Gasteiger partial charge in [-0.3, -0.25) is 10.1 Å². The van der Waals surface area contributed by atoms with E-state index in [4.69, 9.17) is 17.3 Å². The van der Waals surface area contributed by atoms with Crippen LogP contribution in [-0.2, 0) is 10.0 Å². The lowest BCUT2D eigenvalue weighted by Crippen LogP contribution is -2.30. The van der Waals surface area contributed by atoms with Crippen molar-refractivity contribution in [1.29, 1.82) is 0 Å². The zero-order valence-electron chi connectivity index (χ0n) is 11.5. The van der Waals surface area contributed by atoms with Crippen molar-refractivity contribution in [3.63, 3.8) is 0 Å². The summed E-state index contributed by atoms with van der Waals surface area (Å²) in [4.78, 5) is 10.2. The van der Waals surface area contributed by atoms with Gasteiger partial charge in [0, 0.05) is 24.7 Å². The van der Waals surface area contributed by atoms with E-state index in [-0.39, 0.29) is 27.1 Å². The normalized spacial score (nSPS) is 19.9. The Morgan fingerprint density at radius 2 is 2.19 bits per heavy atom. The van der Waals surface area contributed by atoms with Gasteiger partial charge in [0.15, 0.2) is 0 Å². The Kier molecular flexibility index (Phi) is 4.52. The highest BCUT2D eigenvalue weighted by Crippen LogP contribution is 2.32. The van der Waals surface area contributed by atoms with Crippen LogP contribution in [0.25, 0.3) is 0 Å². The first-order valence-electron chi connectivity index (χ1n) is 6.42. The lowest BCUT2D eigenvalue weighted by molar-refractivity contribution is -0.385. The first-order chi connectivity index (χ1) is 9.77. The van der Waals surface area contributed by atoms with Crippen molar-refractivity contribution in [3.8, 4) is 0 Å². The molecule has 0 radical (unpaired) electrons. The van der Waals surface area contributed by atoms with E-state index in [2.05, 4.69) is 0 Å². The van der Waals surface area contributed by atoms with Crippen LogP contribution in [0.15, 0.2) is 17.0 Å². The van der Waals surface area contributed by atoms with Crippen molar-refractivity contribution in [2.24, 2.45) is 11.7 Å². The van der Waals surface area contributed by atoms with Gasteiger partial charge in [-0.1, -0.05) is 11.6 Å². The lowest BCUT2D eigenvalue weighted by Gasteiger charge is -2.17. The summed E-state index contributed by atoms with van der Waals surface area (Å²) in [6.45, 7) is 2.60. The molecule has 1 atom stereocenters. The fraction of sp³-hybridized carbons (Fsp3) is 0.500. The van der Waals surface area contributed by atoms with Crippen LogP contribution in [0.5, 0.6) is 0 Å². The predicted octanol–water partition coefficient (Wildman–Crippen LogP) is 1.53. The number of nitrogens with two attached hydrogens (primary N) is 1. The minimum Gasteiger partial charge on any atom is -0.330 e. The third-order valence-electron chi connectivity index (χ3n) is 3.71. The molecule has 7 nitrogen and oxygen atoms in total. The molecule has 116 valence electrons. The summed E-state index contributed by atoms with van der Waals surface area (Å²) in [6, 6.07) is 2.32. The van der Waals surface area contributed by atoms with E-state index in [0.717, 1.165) is 6.07 Å². The molecule has 0 spiro atoms. The lowest BCUT2D eigenvalue weighted by atomic mass is 10.1. The number of benzene rings is 1. The van der Waals surface area contributed by atoms with Gasteiger partial charge in [0.1, 0.15) is 0 Å². The molecule has 1 aromatic rings. The van der Waals surface area contributed by atoms with Gasteiger partial charge in [0.05, 0.1) is 14.8 Å². The Bertz CT molecular complexity index is 677. The number of nitrogens with zero attached hydrogens (tertiary/aromatic N) is 2. The summed E-state index contributed by atoms with van der Waals surface area (Å²) >= 11 is 5.92. The minimum absolute atomic E-state index is 0.0670. The van der Waals surface area contributed by atoms with Crippen molar-refractivity contribution in [3.05, 3.63) is 32.8 Å². The van der Waals surface area contributed by atoms with Crippen molar-refractivity contribution in [1.82, 2.24) is 4.31 Å². The van der Waals surface area contributed by atoms with E-state index in [0.29, 0.717) is 26.1 Å². The maximum atomic E-state index is 12.5. The quantitative estimate of drug-likeness (QED) is 0.664. The SMILES string of the molecule is Cc1c(Cl)cc(S(=O)(=O)N2CCC(CN)C2)cc1[N+](=O)[O-]. The molecule has 0 aromatic heterocycles. The number of rotatable bonds is 4. The van der Waals surface area contributed by atoms with Crippen LogP contribution in [0.4, 0.5) is 5.69 Å². The molecule has 0 saturated carbocycles. The van der Waals surface area contributed by atoms with Crippen LogP contribution in [0.1, 0.15) is 12.0 Å². The number of sulfonamides is 1. The van der Waals surface area contributed by atoms with Gasteiger partial charge in [0.2, 0.25) is 10.0 Å². The summed E-state index contributed by atoms with van der Waals surface area (Å²) in [6.07, 6.45) is 0.692. The second-order valence-corrected chi connectivity index (χ2v) is 7.40. The predicted molar refractivity (Wildman–Crippen MR) is 78.8 cm³/mol. The van der Waals surface area contributed by atoms with Gasteiger partial charge in [0.25, 0.3) is 5.69 Å². The highest BCUT2D eigenvalue weighted by molar-refractivity contribution is 7.89. The Morgan fingerprint density at radius 1 is 1.52 bits per heavy atom. The van der Waals surface area contributed by atoms with Crippen molar-refractivity contribution >= 4 is 27.3 Å². The third kappa shape index (κ3) is 3.03. The maximum Gasteiger partial charge on any atom is 0.275 e. The topological polar surface area (TPSA) is 107 Å². The number of hydrogen-bond acceptors (Lipinski definition) is 5. The molecule has 2 rings (SSSR count). The second kappa shape index (κ2) is 5.88. The molecule has 1 unspecified atom stereocenters. The molecule has 1 aromatic carbocycles. The first kappa shape index (κ1) is 16.2. The van der Waals surface area contributed by atoms with E-state index in [1.54, 1.807) is 0 Å². The largest absolute Gasteiger partial charge is 0.330 e. The van der Waals surface area contributed by atoms with Gasteiger partial charge in [-0.2, -0.15) is 4.31 Å². The van der Waals surface area contributed by atoms with Crippen molar-refractivity contribution in [2.75, 3.05) is 19.6 Å².